The highest BCUT2D eigenvalue weighted by Gasteiger charge is 2.55. The van der Waals surface area contributed by atoms with Gasteiger partial charge in [0.05, 0.1) is 36.6 Å². The van der Waals surface area contributed by atoms with Crippen LogP contribution in [0.15, 0.2) is 30.3 Å². The van der Waals surface area contributed by atoms with E-state index in [0.717, 1.165) is 35.9 Å². The molecule has 0 amide bonds. The molecule has 6 aliphatic rings. The number of hydrogen-bond acceptors (Lipinski definition) is 6. The average molecular weight is 703 g/mol. The number of benzene rings is 1. The van der Waals surface area contributed by atoms with Crippen molar-refractivity contribution in [3.05, 3.63) is 30.3 Å². The predicted octanol–water partition coefficient (Wildman–Crippen LogP) is 8.37. The lowest BCUT2D eigenvalue weighted by Gasteiger charge is -2.45. The van der Waals surface area contributed by atoms with E-state index < -0.39 is 33.8 Å². The lowest BCUT2D eigenvalue weighted by Crippen LogP contribution is -2.68. The smallest absolute Gasteiger partial charge is 0.413 e. The van der Waals surface area contributed by atoms with E-state index in [1.165, 1.54) is 82.2 Å². The Morgan fingerprint density at radius 3 is 1.17 bits per heavy atom. The van der Waals surface area contributed by atoms with Crippen LogP contribution < -0.4 is 5.19 Å². The Bertz CT molecular complexity index is 1070. The van der Waals surface area contributed by atoms with E-state index in [1.54, 1.807) is 0 Å². The van der Waals surface area contributed by atoms with Crippen LogP contribution in [0.5, 0.6) is 0 Å². The summed E-state index contributed by atoms with van der Waals surface area (Å²) in [4.78, 5) is 0. The van der Waals surface area contributed by atoms with Gasteiger partial charge in [0.1, 0.15) is 0 Å². The molecule has 0 spiro atoms. The molecule has 1 aromatic carbocycles. The molecule has 10 heteroatoms. The lowest BCUT2D eigenvalue weighted by molar-refractivity contribution is 0.261. The van der Waals surface area contributed by atoms with E-state index in [2.05, 4.69) is 69.6 Å². The summed E-state index contributed by atoms with van der Waals surface area (Å²) in [6.45, 7) is 14.6. The summed E-state index contributed by atoms with van der Waals surface area (Å²) in [6, 6.07) is 14.4. The van der Waals surface area contributed by atoms with Crippen molar-refractivity contribution >= 4 is 38.9 Å². The molecule has 6 fully saturated rings. The Hall–Kier alpha value is -0.152. The fraction of sp³-hybridized carbons (Fsp3) is 0.833. The summed E-state index contributed by atoms with van der Waals surface area (Å²) >= 11 is 0. The number of rotatable bonds is 16. The molecule has 3 saturated heterocycles. The van der Waals surface area contributed by atoms with E-state index in [4.69, 9.17) is 26.6 Å². The first-order chi connectivity index (χ1) is 21.9. The van der Waals surface area contributed by atoms with Crippen molar-refractivity contribution in [1.82, 2.24) is 0 Å². The van der Waals surface area contributed by atoms with Gasteiger partial charge in [0.15, 0.2) is 25.0 Å². The number of fused-ring (bicyclic) bond motifs is 3. The molecule has 0 aromatic heterocycles. The van der Waals surface area contributed by atoms with Gasteiger partial charge < -0.3 is 26.6 Å². The van der Waals surface area contributed by atoms with Crippen LogP contribution in [-0.4, -0.2) is 70.4 Å². The minimum atomic E-state index is -3.24. The van der Waals surface area contributed by atoms with Gasteiger partial charge >= 0.3 is 8.80 Å². The number of hydrogen-bond donors (Lipinski definition) is 0. The Kier molecular flexibility index (Phi) is 10.1. The second-order valence-corrected chi connectivity index (χ2v) is 34.0. The fourth-order valence-corrected chi connectivity index (χ4v) is 25.9. The molecule has 3 aliphatic carbocycles. The van der Waals surface area contributed by atoms with Crippen LogP contribution in [-0.2, 0) is 26.6 Å². The Morgan fingerprint density at radius 1 is 0.500 bits per heavy atom. The van der Waals surface area contributed by atoms with Crippen molar-refractivity contribution in [2.24, 2.45) is 17.8 Å². The zero-order valence-corrected chi connectivity index (χ0v) is 33.6. The first kappa shape index (κ1) is 34.3. The summed E-state index contributed by atoms with van der Waals surface area (Å²) in [7, 11) is -9.69. The van der Waals surface area contributed by atoms with E-state index >= 15 is 0 Å². The normalized spacial score (nSPS) is 36.6. The summed E-state index contributed by atoms with van der Waals surface area (Å²) in [5.74, 6) is 2.30. The van der Waals surface area contributed by atoms with Crippen LogP contribution in [0.3, 0.4) is 0 Å². The van der Waals surface area contributed by atoms with E-state index in [1.807, 2.05) is 0 Å². The topological polar surface area (TPSA) is 65.3 Å². The number of epoxide rings is 3. The van der Waals surface area contributed by atoms with Gasteiger partial charge in [0.2, 0.25) is 0 Å². The zero-order chi connectivity index (χ0) is 32.2. The van der Waals surface area contributed by atoms with E-state index in [-0.39, 0.29) is 0 Å². The second-order valence-electron chi connectivity index (χ2n) is 17.8. The van der Waals surface area contributed by atoms with Crippen LogP contribution in [0.4, 0.5) is 0 Å². The monoisotopic (exact) mass is 702 g/mol. The van der Waals surface area contributed by atoms with E-state index in [9.17, 15) is 0 Å². The van der Waals surface area contributed by atoms with Gasteiger partial charge in [-0.3, -0.25) is 0 Å². The second kappa shape index (κ2) is 13.5. The molecule has 0 bridgehead atoms. The molecular formula is C36H62O6Si4. The van der Waals surface area contributed by atoms with Crippen molar-refractivity contribution in [2.45, 2.75) is 171 Å². The molecule has 0 radical (unpaired) electrons. The van der Waals surface area contributed by atoms with Crippen LogP contribution >= 0.6 is 0 Å². The maximum Gasteiger partial charge on any atom is 0.505 e. The van der Waals surface area contributed by atoms with Crippen LogP contribution in [0.2, 0.25) is 57.4 Å². The average Bonchev–Trinajstić information content (AvgIpc) is 3.89. The summed E-state index contributed by atoms with van der Waals surface area (Å²) in [5, 5.41) is 1.18. The Balaban J connectivity index is 1.09. The molecule has 46 heavy (non-hydrogen) atoms. The molecule has 9 unspecified atom stereocenters. The minimum Gasteiger partial charge on any atom is -0.413 e. The molecule has 1 aromatic rings. The third kappa shape index (κ3) is 8.95. The first-order valence-electron chi connectivity index (χ1n) is 19.0. The van der Waals surface area contributed by atoms with Crippen LogP contribution in [0, 0.1) is 17.8 Å². The van der Waals surface area contributed by atoms with Gasteiger partial charge in [-0.05, 0) is 133 Å². The fourth-order valence-electron chi connectivity index (χ4n) is 9.03. The summed E-state index contributed by atoms with van der Waals surface area (Å²) < 4.78 is 40.7. The Morgan fingerprint density at radius 2 is 0.848 bits per heavy atom. The van der Waals surface area contributed by atoms with E-state index in [0.29, 0.717) is 36.6 Å². The van der Waals surface area contributed by atoms with Gasteiger partial charge in [-0.2, -0.15) is 0 Å². The standard InChI is InChI=1S/C36H62O6Si4/c1-43(2,21-18-27-12-15-31-34(24-27)37-31)40-46(30-10-8-7-9-11-30,41-44(3,4)22-19-28-13-16-32-35(25-28)38-32)42-45(5,6)23-20-29-14-17-33-36(26-29)39-33/h7-11,27-29,31-36H,12-26H2,1-6H3. The summed E-state index contributed by atoms with van der Waals surface area (Å²) in [5.41, 5.74) is 0. The summed E-state index contributed by atoms with van der Waals surface area (Å²) in [6.07, 6.45) is 18.4. The van der Waals surface area contributed by atoms with Gasteiger partial charge in [0.25, 0.3) is 0 Å². The third-order valence-corrected chi connectivity index (χ3v) is 27.5. The first-order valence-corrected chi connectivity index (χ1v) is 30.1. The van der Waals surface area contributed by atoms with Gasteiger partial charge in [-0.1, -0.05) is 49.6 Å². The number of ether oxygens (including phenoxy) is 3. The zero-order valence-electron chi connectivity index (χ0n) is 29.6. The highest BCUT2D eigenvalue weighted by molar-refractivity contribution is 6.96. The van der Waals surface area contributed by atoms with Gasteiger partial charge in [0, 0.05) is 5.19 Å². The quantitative estimate of drug-likeness (QED) is 0.127. The maximum atomic E-state index is 7.67. The molecule has 258 valence electrons. The van der Waals surface area contributed by atoms with Crippen molar-refractivity contribution in [3.63, 3.8) is 0 Å². The minimum absolute atomic E-state index is 0.538. The van der Waals surface area contributed by atoms with Crippen LogP contribution in [0.1, 0.15) is 77.0 Å². The SMILES string of the molecule is C[Si](C)(CCC1CCC2OC2C1)O[Si](O[Si](C)(C)CCC1CCC2OC2C1)(O[Si](C)(C)CCC1CCC2OC2C1)c1ccccc1. The van der Waals surface area contributed by atoms with Crippen molar-refractivity contribution in [3.8, 4) is 0 Å². The lowest BCUT2D eigenvalue weighted by atomic mass is 9.88. The van der Waals surface area contributed by atoms with Crippen molar-refractivity contribution < 1.29 is 26.6 Å². The largest absolute Gasteiger partial charge is 0.505 e. The predicted molar refractivity (Wildman–Crippen MR) is 194 cm³/mol. The third-order valence-electron chi connectivity index (χ3n) is 12.2. The highest BCUT2D eigenvalue weighted by atomic mass is 28.5. The molecule has 6 nitrogen and oxygen atoms in total. The van der Waals surface area contributed by atoms with Gasteiger partial charge in [-0.25, -0.2) is 0 Å². The highest BCUT2D eigenvalue weighted by Crippen LogP contribution is 2.45. The molecular weight excluding hydrogens is 641 g/mol. The molecule has 3 heterocycles. The molecule has 3 saturated carbocycles. The van der Waals surface area contributed by atoms with Crippen molar-refractivity contribution in [2.75, 3.05) is 0 Å². The Labute approximate surface area is 283 Å². The van der Waals surface area contributed by atoms with Crippen molar-refractivity contribution in [1.29, 1.82) is 0 Å². The molecule has 9 atom stereocenters. The molecule has 3 aliphatic heterocycles. The molecule has 0 N–H and O–H groups in total. The van der Waals surface area contributed by atoms with Gasteiger partial charge in [-0.15, -0.1) is 0 Å². The maximum absolute atomic E-state index is 7.67. The van der Waals surface area contributed by atoms with Crippen LogP contribution in [0.25, 0.3) is 0 Å². The molecule has 7 rings (SSSR count).